The Hall–Kier alpha value is -3.77. The molecule has 2 aromatic rings. The van der Waals surface area contributed by atoms with Gasteiger partial charge < -0.3 is 4.74 Å². The molecular formula is C34H42N4O2. The molecule has 1 aromatic heterocycles. The zero-order valence-corrected chi connectivity index (χ0v) is 24.0. The summed E-state index contributed by atoms with van der Waals surface area (Å²) in [5, 5.41) is 0. The van der Waals surface area contributed by atoms with Crippen LogP contribution < -0.4 is 0 Å². The lowest BCUT2D eigenvalue weighted by Gasteiger charge is -2.25. The van der Waals surface area contributed by atoms with E-state index in [0.717, 1.165) is 53.8 Å². The van der Waals surface area contributed by atoms with Crippen molar-refractivity contribution in [2.24, 2.45) is 21.8 Å². The Labute approximate surface area is 239 Å². The van der Waals surface area contributed by atoms with Gasteiger partial charge in [0, 0.05) is 68.1 Å². The van der Waals surface area contributed by atoms with E-state index < -0.39 is 0 Å². The highest BCUT2D eigenvalue weighted by Crippen LogP contribution is 2.30. The number of carbonyl (C=O) groups excluding carboxylic acids is 1. The Bertz CT molecular complexity index is 1230. The molecule has 6 heteroatoms. The second-order valence-corrected chi connectivity index (χ2v) is 10.1. The van der Waals surface area contributed by atoms with Crippen LogP contribution in [0.4, 0.5) is 0 Å². The van der Waals surface area contributed by atoms with Gasteiger partial charge in [-0.15, -0.1) is 6.58 Å². The summed E-state index contributed by atoms with van der Waals surface area (Å²) in [6.45, 7) is 11.8. The van der Waals surface area contributed by atoms with Crippen molar-refractivity contribution in [3.63, 3.8) is 0 Å². The normalized spacial score (nSPS) is 20.3. The van der Waals surface area contributed by atoms with E-state index in [1.54, 1.807) is 13.1 Å². The fourth-order valence-electron chi connectivity index (χ4n) is 4.90. The zero-order valence-electron chi connectivity index (χ0n) is 24.0. The third-order valence-electron chi connectivity index (χ3n) is 7.07. The number of aliphatic imine (C=N–C) groups is 2. The lowest BCUT2D eigenvalue weighted by Crippen LogP contribution is -2.16. The summed E-state index contributed by atoms with van der Waals surface area (Å²) < 4.78 is 4.83. The first-order valence-electron chi connectivity index (χ1n) is 14.1. The van der Waals surface area contributed by atoms with E-state index in [-0.39, 0.29) is 5.78 Å². The van der Waals surface area contributed by atoms with Crippen molar-refractivity contribution in [3.8, 4) is 11.4 Å². The number of allylic oxidation sites excluding steroid dienone is 6. The fourth-order valence-corrected chi connectivity index (χ4v) is 4.90. The van der Waals surface area contributed by atoms with Crippen molar-refractivity contribution in [1.29, 1.82) is 0 Å². The van der Waals surface area contributed by atoms with Crippen LogP contribution in [0.3, 0.4) is 0 Å². The molecule has 210 valence electrons. The molecule has 2 atom stereocenters. The van der Waals surface area contributed by atoms with Gasteiger partial charge in [0.2, 0.25) is 0 Å². The van der Waals surface area contributed by atoms with Crippen molar-refractivity contribution in [2.45, 2.75) is 45.4 Å². The standard InChI is InChI=1S/C29H34N4.C5H8O2/c1-5-10-27(19-31-17-23-12-8-11-22(6-2)15-23)28-20-32-29(33-21-28)26-14-9-13-25(16-26)24(7-3)18-30-4;6-5-2-1-3-7-4-5/h5-7,9-10,13-14,16,18-23H,1-2,8,11-12,15,17H2,3-4H3;1-4H2/b24-7+,27-10+,30-18?,31-19?;/t22-,23-;/m0./s1. The van der Waals surface area contributed by atoms with Crippen LogP contribution in [-0.2, 0) is 9.53 Å². The monoisotopic (exact) mass is 538 g/mol. The highest BCUT2D eigenvalue weighted by molar-refractivity contribution is 6.10. The van der Waals surface area contributed by atoms with Gasteiger partial charge in [-0.2, -0.15) is 0 Å². The van der Waals surface area contributed by atoms with Gasteiger partial charge >= 0.3 is 0 Å². The number of hydrogen-bond acceptors (Lipinski definition) is 6. The number of aromatic nitrogens is 2. The first-order valence-corrected chi connectivity index (χ1v) is 14.1. The van der Waals surface area contributed by atoms with Gasteiger partial charge in [-0.25, -0.2) is 9.97 Å². The number of hydrogen-bond donors (Lipinski definition) is 0. The Kier molecular flexibility index (Phi) is 13.1. The van der Waals surface area contributed by atoms with Crippen molar-refractivity contribution < 1.29 is 9.53 Å². The summed E-state index contributed by atoms with van der Waals surface area (Å²) in [4.78, 5) is 28.5. The lowest BCUT2D eigenvalue weighted by atomic mass is 9.81. The number of ether oxygens (including phenoxy) is 1. The van der Waals surface area contributed by atoms with E-state index in [4.69, 9.17) is 9.73 Å². The third-order valence-corrected chi connectivity index (χ3v) is 7.07. The summed E-state index contributed by atoms with van der Waals surface area (Å²) >= 11 is 0. The van der Waals surface area contributed by atoms with Crippen molar-refractivity contribution in [1.82, 2.24) is 9.97 Å². The van der Waals surface area contributed by atoms with E-state index in [0.29, 0.717) is 24.3 Å². The number of benzene rings is 1. The van der Waals surface area contributed by atoms with Gasteiger partial charge in [0.25, 0.3) is 0 Å². The van der Waals surface area contributed by atoms with Crippen LogP contribution in [0.1, 0.15) is 56.6 Å². The SMILES string of the molecule is C=C/C=C(\C=NC[C@H]1CCC[C@H](C=C)C1)c1cnc(-c2cccc(/C(C=NC)=C/C)c2)nc1.O=C1CCCOC1. The summed E-state index contributed by atoms with van der Waals surface area (Å²) in [7, 11) is 1.78. The molecule has 0 radical (unpaired) electrons. The van der Waals surface area contributed by atoms with Crippen molar-refractivity contribution in [2.75, 3.05) is 26.8 Å². The fraction of sp³-hybridized carbons (Fsp3) is 0.382. The minimum absolute atomic E-state index is 0.242. The number of Topliss-reactive ketones (excluding diaryl/α,β-unsaturated/α-hetero) is 1. The maximum atomic E-state index is 10.3. The molecule has 0 N–H and O–H groups in total. The zero-order chi connectivity index (χ0) is 28.6. The van der Waals surface area contributed by atoms with Crippen LogP contribution in [0.5, 0.6) is 0 Å². The molecule has 2 heterocycles. The molecule has 0 unspecified atom stereocenters. The number of ketones is 1. The first-order chi connectivity index (χ1) is 19.6. The van der Waals surface area contributed by atoms with Crippen LogP contribution >= 0.6 is 0 Å². The van der Waals surface area contributed by atoms with Gasteiger partial charge in [0.15, 0.2) is 11.6 Å². The van der Waals surface area contributed by atoms with Gasteiger partial charge in [-0.1, -0.05) is 55.5 Å². The van der Waals surface area contributed by atoms with Crippen LogP contribution in [0.15, 0.2) is 84.1 Å². The molecule has 40 heavy (non-hydrogen) atoms. The van der Waals surface area contributed by atoms with E-state index >= 15 is 0 Å². The topological polar surface area (TPSA) is 76.8 Å². The Morgan fingerprint density at radius 3 is 2.55 bits per heavy atom. The summed E-state index contributed by atoms with van der Waals surface area (Å²) in [6.07, 6.45) is 22.0. The molecule has 2 aliphatic rings. The van der Waals surface area contributed by atoms with Crippen LogP contribution in [0.25, 0.3) is 22.5 Å². The van der Waals surface area contributed by atoms with Crippen LogP contribution in [0.2, 0.25) is 0 Å². The molecule has 6 nitrogen and oxygen atoms in total. The highest BCUT2D eigenvalue weighted by Gasteiger charge is 2.19. The summed E-state index contributed by atoms with van der Waals surface area (Å²) in [5.74, 6) is 2.21. The molecular weight excluding hydrogens is 496 g/mol. The largest absolute Gasteiger partial charge is 0.374 e. The minimum atomic E-state index is 0.242. The van der Waals surface area contributed by atoms with E-state index in [9.17, 15) is 4.79 Å². The number of carbonyl (C=O) groups is 1. The smallest absolute Gasteiger partial charge is 0.159 e. The molecule has 0 spiro atoms. The van der Waals surface area contributed by atoms with Gasteiger partial charge in [-0.3, -0.25) is 14.8 Å². The molecule has 1 saturated carbocycles. The molecule has 4 rings (SSSR count). The van der Waals surface area contributed by atoms with Gasteiger partial charge in [0.05, 0.1) is 0 Å². The van der Waals surface area contributed by atoms with Crippen molar-refractivity contribution >= 4 is 29.4 Å². The second kappa shape index (κ2) is 17.0. The Morgan fingerprint density at radius 2 is 1.93 bits per heavy atom. The molecule has 1 aromatic carbocycles. The molecule has 1 aliphatic carbocycles. The average Bonchev–Trinajstić information content (AvgIpc) is 3.00. The van der Waals surface area contributed by atoms with E-state index in [2.05, 4.69) is 46.3 Å². The molecule has 2 fully saturated rings. The van der Waals surface area contributed by atoms with Gasteiger partial charge in [0.1, 0.15) is 6.61 Å². The molecule has 1 saturated heterocycles. The Morgan fingerprint density at radius 1 is 1.10 bits per heavy atom. The first kappa shape index (κ1) is 30.8. The summed E-state index contributed by atoms with van der Waals surface area (Å²) in [6, 6.07) is 8.21. The maximum Gasteiger partial charge on any atom is 0.159 e. The van der Waals surface area contributed by atoms with Crippen LogP contribution in [-0.4, -0.2) is 55.0 Å². The summed E-state index contributed by atoms with van der Waals surface area (Å²) in [5.41, 5.74) is 5.03. The molecule has 0 amide bonds. The van der Waals surface area contributed by atoms with Crippen molar-refractivity contribution in [3.05, 3.63) is 85.2 Å². The molecule has 1 aliphatic heterocycles. The van der Waals surface area contributed by atoms with E-state index in [1.165, 1.54) is 25.7 Å². The predicted octanol–water partition coefficient (Wildman–Crippen LogP) is 7.25. The minimum Gasteiger partial charge on any atom is -0.374 e. The Balaban J connectivity index is 0.000000547. The lowest BCUT2D eigenvalue weighted by molar-refractivity contribution is -0.126. The van der Waals surface area contributed by atoms with Gasteiger partial charge in [-0.05, 0) is 61.6 Å². The number of nitrogens with zero attached hydrogens (tertiary/aromatic N) is 4. The quantitative estimate of drug-likeness (QED) is 0.191. The second-order valence-electron chi connectivity index (χ2n) is 10.1. The van der Waals surface area contributed by atoms with Crippen LogP contribution in [0, 0.1) is 11.8 Å². The maximum absolute atomic E-state index is 10.3. The highest BCUT2D eigenvalue weighted by atomic mass is 16.5. The third kappa shape index (κ3) is 9.76. The molecule has 0 bridgehead atoms. The predicted molar refractivity (Wildman–Crippen MR) is 168 cm³/mol. The average molecular weight is 539 g/mol. The van der Waals surface area contributed by atoms with E-state index in [1.807, 2.05) is 56.0 Å². The number of rotatable bonds is 9.